The molecule has 0 atom stereocenters. The molecule has 1 aliphatic rings. The highest BCUT2D eigenvalue weighted by molar-refractivity contribution is 7.98. The van der Waals surface area contributed by atoms with Gasteiger partial charge in [0.2, 0.25) is 0 Å². The van der Waals surface area contributed by atoms with Crippen molar-refractivity contribution in [1.29, 1.82) is 5.41 Å². The molecule has 0 radical (unpaired) electrons. The largest absolute Gasteiger partial charge is 0.316 e. The molecule has 0 fully saturated rings. The number of thioether (sulfide) groups is 1. The van der Waals surface area contributed by atoms with Gasteiger partial charge in [0.1, 0.15) is 0 Å². The molecule has 1 heterocycles. The molecule has 0 amide bonds. The molecule has 3 nitrogen and oxygen atoms in total. The predicted octanol–water partition coefficient (Wildman–Crippen LogP) is 3.85. The summed E-state index contributed by atoms with van der Waals surface area (Å²) in [7, 11) is 0. The lowest BCUT2D eigenvalue weighted by Crippen LogP contribution is -2.21. The molecule has 1 aromatic heterocycles. The average Bonchev–Trinajstić information content (AvgIpc) is 2.54. The standard InChI is InChI=1S/C18H20N2OS/c1-12-6-2-3-7-13(12)11-22-18-15-9-5-4-8-14(15)16(10-19)17(21)20-18/h2-3,6-7,10,19H,4-5,8-9,11H2,1H3,(H,20,21). The van der Waals surface area contributed by atoms with Gasteiger partial charge in [-0.1, -0.05) is 24.3 Å². The van der Waals surface area contributed by atoms with Gasteiger partial charge < -0.3 is 10.4 Å². The second-order valence-corrected chi connectivity index (χ2v) is 6.71. The third kappa shape index (κ3) is 2.88. The number of rotatable bonds is 4. The topological polar surface area (TPSA) is 56.7 Å². The lowest BCUT2D eigenvalue weighted by atomic mass is 9.90. The van der Waals surface area contributed by atoms with Gasteiger partial charge in [-0.25, -0.2) is 0 Å². The molecule has 4 heteroatoms. The highest BCUT2D eigenvalue weighted by Crippen LogP contribution is 2.31. The number of aromatic amines is 1. The van der Waals surface area contributed by atoms with Crippen LogP contribution in [0, 0.1) is 12.3 Å². The Balaban J connectivity index is 1.94. The summed E-state index contributed by atoms with van der Waals surface area (Å²) >= 11 is 1.71. The van der Waals surface area contributed by atoms with Crippen molar-refractivity contribution < 1.29 is 0 Å². The summed E-state index contributed by atoms with van der Waals surface area (Å²) in [6.07, 6.45) is 5.40. The Morgan fingerprint density at radius 1 is 1.23 bits per heavy atom. The Morgan fingerprint density at radius 3 is 2.68 bits per heavy atom. The zero-order valence-corrected chi connectivity index (χ0v) is 13.6. The van der Waals surface area contributed by atoms with E-state index < -0.39 is 0 Å². The number of hydrogen-bond donors (Lipinski definition) is 2. The molecule has 0 saturated heterocycles. The van der Waals surface area contributed by atoms with Crippen molar-refractivity contribution in [3.8, 4) is 0 Å². The SMILES string of the molecule is Cc1ccccc1CSc1[nH]c(=O)c(C=N)c2c1CCCC2. The first-order valence-corrected chi connectivity index (χ1v) is 8.65. The summed E-state index contributed by atoms with van der Waals surface area (Å²) < 4.78 is 0. The third-order valence-corrected chi connectivity index (χ3v) is 5.41. The monoisotopic (exact) mass is 312 g/mol. The fraction of sp³-hybridized carbons (Fsp3) is 0.333. The Morgan fingerprint density at radius 2 is 1.95 bits per heavy atom. The Bertz CT molecular complexity index is 764. The van der Waals surface area contributed by atoms with Crippen LogP contribution in [0.15, 0.2) is 34.1 Å². The second-order valence-electron chi connectivity index (χ2n) is 5.72. The van der Waals surface area contributed by atoms with Gasteiger partial charge >= 0.3 is 0 Å². The van der Waals surface area contributed by atoms with Crippen molar-refractivity contribution in [1.82, 2.24) is 4.98 Å². The summed E-state index contributed by atoms with van der Waals surface area (Å²) in [5.41, 5.74) is 5.36. The maximum absolute atomic E-state index is 12.2. The average molecular weight is 312 g/mol. The maximum atomic E-state index is 12.2. The van der Waals surface area contributed by atoms with Gasteiger partial charge in [0, 0.05) is 12.0 Å². The molecule has 0 aliphatic heterocycles. The summed E-state index contributed by atoms with van der Waals surface area (Å²) in [5.74, 6) is 0.860. The van der Waals surface area contributed by atoms with E-state index in [0.717, 1.165) is 42.0 Å². The van der Waals surface area contributed by atoms with Crippen LogP contribution in [0.5, 0.6) is 0 Å². The molecule has 1 aromatic carbocycles. The summed E-state index contributed by atoms with van der Waals surface area (Å²) in [6.45, 7) is 2.12. The molecule has 0 spiro atoms. The van der Waals surface area contributed by atoms with E-state index in [1.807, 2.05) is 6.07 Å². The molecule has 2 aromatic rings. The molecule has 0 unspecified atom stereocenters. The van der Waals surface area contributed by atoms with Crippen LogP contribution in [0.2, 0.25) is 0 Å². The summed E-state index contributed by atoms with van der Waals surface area (Å²) in [4.78, 5) is 15.2. The molecule has 22 heavy (non-hydrogen) atoms. The molecular formula is C18H20N2OS. The van der Waals surface area contributed by atoms with Crippen LogP contribution < -0.4 is 5.56 Å². The lowest BCUT2D eigenvalue weighted by molar-refractivity contribution is 0.664. The van der Waals surface area contributed by atoms with E-state index in [9.17, 15) is 4.79 Å². The van der Waals surface area contributed by atoms with E-state index in [-0.39, 0.29) is 5.56 Å². The number of pyridine rings is 1. The number of nitrogens with one attached hydrogen (secondary N) is 2. The van der Waals surface area contributed by atoms with Gasteiger partial charge in [-0.3, -0.25) is 4.79 Å². The van der Waals surface area contributed by atoms with Crippen LogP contribution in [0.1, 0.15) is 40.7 Å². The molecule has 2 N–H and O–H groups in total. The van der Waals surface area contributed by atoms with Crippen LogP contribution in [0.3, 0.4) is 0 Å². The molecule has 3 rings (SSSR count). The van der Waals surface area contributed by atoms with Crippen LogP contribution in [-0.4, -0.2) is 11.2 Å². The fourth-order valence-electron chi connectivity index (χ4n) is 3.03. The second kappa shape index (κ2) is 6.53. The van der Waals surface area contributed by atoms with Gasteiger partial charge in [-0.15, -0.1) is 11.8 Å². The number of aryl methyl sites for hydroxylation is 1. The summed E-state index contributed by atoms with van der Waals surface area (Å²) in [5, 5.41) is 8.50. The number of fused-ring (bicyclic) bond motifs is 1. The van der Waals surface area contributed by atoms with Gasteiger partial charge in [-0.05, 0) is 54.9 Å². The van der Waals surface area contributed by atoms with Crippen molar-refractivity contribution in [2.45, 2.75) is 43.4 Å². The van der Waals surface area contributed by atoms with E-state index in [0.29, 0.717) is 5.56 Å². The minimum atomic E-state index is -0.122. The Kier molecular flexibility index (Phi) is 4.48. The van der Waals surface area contributed by atoms with Crippen LogP contribution in [-0.2, 0) is 18.6 Å². The minimum Gasteiger partial charge on any atom is -0.316 e. The molecule has 0 saturated carbocycles. The first-order chi connectivity index (χ1) is 10.7. The zero-order valence-electron chi connectivity index (χ0n) is 12.7. The number of benzene rings is 1. The van der Waals surface area contributed by atoms with E-state index in [1.54, 1.807) is 11.8 Å². The van der Waals surface area contributed by atoms with Crippen molar-refractivity contribution in [3.05, 3.63) is 62.4 Å². The number of hydrogen-bond acceptors (Lipinski definition) is 3. The van der Waals surface area contributed by atoms with Crippen LogP contribution >= 0.6 is 11.8 Å². The van der Waals surface area contributed by atoms with Crippen molar-refractivity contribution in [2.75, 3.05) is 0 Å². The molecule has 114 valence electrons. The predicted molar refractivity (Wildman–Crippen MR) is 92.3 cm³/mol. The van der Waals surface area contributed by atoms with E-state index in [4.69, 9.17) is 5.41 Å². The summed E-state index contributed by atoms with van der Waals surface area (Å²) in [6, 6.07) is 8.36. The van der Waals surface area contributed by atoms with Gasteiger partial charge in [0.15, 0.2) is 0 Å². The highest BCUT2D eigenvalue weighted by Gasteiger charge is 2.19. The smallest absolute Gasteiger partial charge is 0.257 e. The Labute approximate surface area is 134 Å². The number of aromatic nitrogens is 1. The quantitative estimate of drug-likeness (QED) is 0.665. The van der Waals surface area contributed by atoms with Gasteiger partial charge in [0.05, 0.1) is 10.6 Å². The highest BCUT2D eigenvalue weighted by atomic mass is 32.2. The van der Waals surface area contributed by atoms with E-state index >= 15 is 0 Å². The lowest BCUT2D eigenvalue weighted by Gasteiger charge is -2.20. The van der Waals surface area contributed by atoms with Crippen LogP contribution in [0.4, 0.5) is 0 Å². The maximum Gasteiger partial charge on any atom is 0.257 e. The van der Waals surface area contributed by atoms with E-state index in [1.165, 1.54) is 22.9 Å². The molecule has 0 bridgehead atoms. The van der Waals surface area contributed by atoms with Crippen molar-refractivity contribution in [3.63, 3.8) is 0 Å². The fourth-order valence-corrected chi connectivity index (χ4v) is 4.22. The van der Waals surface area contributed by atoms with E-state index in [2.05, 4.69) is 30.1 Å². The zero-order chi connectivity index (χ0) is 15.5. The first-order valence-electron chi connectivity index (χ1n) is 7.66. The van der Waals surface area contributed by atoms with Gasteiger partial charge in [0.25, 0.3) is 5.56 Å². The molecule has 1 aliphatic carbocycles. The third-order valence-electron chi connectivity index (χ3n) is 4.32. The first kappa shape index (κ1) is 15.1. The van der Waals surface area contributed by atoms with Crippen LogP contribution in [0.25, 0.3) is 0 Å². The van der Waals surface area contributed by atoms with Crippen molar-refractivity contribution >= 4 is 18.0 Å². The normalized spacial score (nSPS) is 13.7. The number of H-pyrrole nitrogens is 1. The Hall–Kier alpha value is -1.81. The molecular weight excluding hydrogens is 292 g/mol. The van der Waals surface area contributed by atoms with Gasteiger partial charge in [-0.2, -0.15) is 0 Å². The minimum absolute atomic E-state index is 0.122. The van der Waals surface area contributed by atoms with Crippen molar-refractivity contribution in [2.24, 2.45) is 0 Å².